The molecule has 1 amide bonds. The van der Waals surface area contributed by atoms with E-state index in [1.807, 2.05) is 0 Å². The molecule has 2 rings (SSSR count). The molecule has 0 heterocycles. The number of nitrogens with zero attached hydrogens (tertiary/aromatic N) is 1. The molecule has 7 nitrogen and oxygen atoms in total. The molecule has 0 aromatic heterocycles. The van der Waals surface area contributed by atoms with Crippen LogP contribution in [0.15, 0.2) is 18.2 Å². The number of nitro groups is 1. The number of nitrogens with one attached hydrogen (secondary N) is 2. The number of rotatable bonds is 8. The number of hydrogen-bond donors (Lipinski definition) is 2. The van der Waals surface area contributed by atoms with Crippen LogP contribution >= 0.6 is 0 Å². The number of ether oxygens (including phenoxy) is 1. The van der Waals surface area contributed by atoms with Gasteiger partial charge in [0.25, 0.3) is 11.6 Å². The topological polar surface area (TPSA) is 93.5 Å². The Bertz CT molecular complexity index is 529. The van der Waals surface area contributed by atoms with Gasteiger partial charge in [0.2, 0.25) is 0 Å². The summed E-state index contributed by atoms with van der Waals surface area (Å²) in [6.45, 7) is 1.70. The lowest BCUT2D eigenvalue weighted by Gasteiger charge is -2.09. The maximum atomic E-state index is 11.6. The minimum Gasteiger partial charge on any atom is -0.379 e. The smallest absolute Gasteiger partial charge is 0.292 e. The first-order chi connectivity index (χ1) is 10.1. The predicted octanol–water partition coefficient (Wildman–Crippen LogP) is 1.79. The Hall–Kier alpha value is -2.15. The highest BCUT2D eigenvalue weighted by Gasteiger charge is 2.21. The predicted molar refractivity (Wildman–Crippen MR) is 78.5 cm³/mol. The van der Waals surface area contributed by atoms with Crippen LogP contribution in [0.25, 0.3) is 0 Å². The molecule has 0 radical (unpaired) electrons. The molecule has 1 fully saturated rings. The van der Waals surface area contributed by atoms with Crippen LogP contribution < -0.4 is 10.6 Å². The Labute approximate surface area is 122 Å². The van der Waals surface area contributed by atoms with Crippen LogP contribution in [0.5, 0.6) is 0 Å². The number of hydrogen-bond acceptors (Lipinski definition) is 5. The molecule has 1 aromatic carbocycles. The van der Waals surface area contributed by atoms with Crippen molar-refractivity contribution in [3.63, 3.8) is 0 Å². The first kappa shape index (κ1) is 15.2. The SMILES string of the molecule is CNC(=O)c1ccc([N+](=O)[O-])c(NCCOCC2CC2)c1. The van der Waals surface area contributed by atoms with E-state index in [0.717, 1.165) is 6.61 Å². The summed E-state index contributed by atoms with van der Waals surface area (Å²) < 4.78 is 5.47. The second-order valence-electron chi connectivity index (χ2n) is 5.01. The third-order valence-corrected chi connectivity index (χ3v) is 3.29. The third-order valence-electron chi connectivity index (χ3n) is 3.29. The van der Waals surface area contributed by atoms with E-state index in [1.165, 1.54) is 38.1 Å². The second kappa shape index (κ2) is 7.03. The van der Waals surface area contributed by atoms with Crippen LogP contribution in [0.2, 0.25) is 0 Å². The van der Waals surface area contributed by atoms with Crippen LogP contribution in [0.4, 0.5) is 11.4 Å². The Morgan fingerprint density at radius 1 is 1.48 bits per heavy atom. The maximum absolute atomic E-state index is 11.6. The lowest BCUT2D eigenvalue weighted by atomic mass is 10.1. The molecule has 1 aliphatic rings. The Balaban J connectivity index is 1.96. The lowest BCUT2D eigenvalue weighted by molar-refractivity contribution is -0.384. The zero-order valence-electron chi connectivity index (χ0n) is 11.9. The molecule has 21 heavy (non-hydrogen) atoms. The third kappa shape index (κ3) is 4.42. The largest absolute Gasteiger partial charge is 0.379 e. The van der Waals surface area contributed by atoms with Crippen molar-refractivity contribution in [3.05, 3.63) is 33.9 Å². The number of carbonyl (C=O) groups is 1. The first-order valence-electron chi connectivity index (χ1n) is 6.94. The standard InChI is InChI=1S/C14H19N3O4/c1-15-14(18)11-4-5-13(17(19)20)12(8-11)16-6-7-21-9-10-2-3-10/h4-5,8,10,16H,2-3,6-7,9H2,1H3,(H,15,18). The second-order valence-corrected chi connectivity index (χ2v) is 5.01. The van der Waals surface area contributed by atoms with E-state index < -0.39 is 4.92 Å². The van der Waals surface area contributed by atoms with Gasteiger partial charge < -0.3 is 15.4 Å². The van der Waals surface area contributed by atoms with Gasteiger partial charge in [-0.25, -0.2) is 0 Å². The van der Waals surface area contributed by atoms with Crippen molar-refractivity contribution in [2.24, 2.45) is 5.92 Å². The summed E-state index contributed by atoms with van der Waals surface area (Å²) in [6.07, 6.45) is 2.46. The minimum atomic E-state index is -0.471. The van der Waals surface area contributed by atoms with E-state index in [-0.39, 0.29) is 11.6 Å². The van der Waals surface area contributed by atoms with Crippen molar-refractivity contribution < 1.29 is 14.5 Å². The van der Waals surface area contributed by atoms with E-state index in [0.29, 0.717) is 30.3 Å². The summed E-state index contributed by atoms with van der Waals surface area (Å²) in [5.41, 5.74) is 0.658. The first-order valence-corrected chi connectivity index (χ1v) is 6.94. The number of amides is 1. The average Bonchev–Trinajstić information content (AvgIpc) is 3.29. The average molecular weight is 293 g/mol. The quantitative estimate of drug-likeness (QED) is 0.433. The van der Waals surface area contributed by atoms with Crippen LogP contribution in [0, 0.1) is 16.0 Å². The van der Waals surface area contributed by atoms with Crippen LogP contribution in [0.1, 0.15) is 23.2 Å². The summed E-state index contributed by atoms with van der Waals surface area (Å²) in [6, 6.07) is 4.25. The van der Waals surface area contributed by atoms with Gasteiger partial charge in [0.1, 0.15) is 5.69 Å². The van der Waals surface area contributed by atoms with E-state index in [1.54, 1.807) is 0 Å². The van der Waals surface area contributed by atoms with Crippen molar-refractivity contribution in [1.82, 2.24) is 5.32 Å². The van der Waals surface area contributed by atoms with Gasteiger partial charge in [-0.15, -0.1) is 0 Å². The Morgan fingerprint density at radius 3 is 2.86 bits per heavy atom. The van der Waals surface area contributed by atoms with Gasteiger partial charge in [-0.2, -0.15) is 0 Å². The molecular formula is C14H19N3O4. The fourth-order valence-electron chi connectivity index (χ4n) is 1.91. The van der Waals surface area contributed by atoms with Gasteiger partial charge in [-0.3, -0.25) is 14.9 Å². The normalized spacial score (nSPS) is 13.8. The van der Waals surface area contributed by atoms with Crippen LogP contribution in [0.3, 0.4) is 0 Å². The number of anilines is 1. The Morgan fingerprint density at radius 2 is 2.24 bits per heavy atom. The molecule has 1 aromatic rings. The molecule has 7 heteroatoms. The molecule has 0 unspecified atom stereocenters. The van der Waals surface area contributed by atoms with E-state index in [2.05, 4.69) is 10.6 Å². The minimum absolute atomic E-state index is 0.0511. The summed E-state index contributed by atoms with van der Waals surface area (Å²) in [4.78, 5) is 22.1. The van der Waals surface area contributed by atoms with Crippen molar-refractivity contribution in [2.75, 3.05) is 32.1 Å². The molecule has 1 saturated carbocycles. The van der Waals surface area contributed by atoms with E-state index in [4.69, 9.17) is 4.74 Å². The van der Waals surface area contributed by atoms with Gasteiger partial charge in [0, 0.05) is 31.8 Å². The van der Waals surface area contributed by atoms with E-state index in [9.17, 15) is 14.9 Å². The monoisotopic (exact) mass is 293 g/mol. The zero-order chi connectivity index (χ0) is 15.2. The van der Waals surface area contributed by atoms with Crippen molar-refractivity contribution in [3.8, 4) is 0 Å². The van der Waals surface area contributed by atoms with Gasteiger partial charge in [-0.1, -0.05) is 0 Å². The zero-order valence-corrected chi connectivity index (χ0v) is 11.9. The fourth-order valence-corrected chi connectivity index (χ4v) is 1.91. The van der Waals surface area contributed by atoms with E-state index >= 15 is 0 Å². The van der Waals surface area contributed by atoms with Crippen LogP contribution in [-0.2, 0) is 4.74 Å². The number of benzene rings is 1. The fraction of sp³-hybridized carbons (Fsp3) is 0.500. The summed E-state index contributed by atoms with van der Waals surface area (Å²) >= 11 is 0. The molecule has 0 saturated heterocycles. The molecule has 2 N–H and O–H groups in total. The van der Waals surface area contributed by atoms with Gasteiger partial charge in [-0.05, 0) is 30.9 Å². The Kier molecular flexibility index (Phi) is 5.10. The van der Waals surface area contributed by atoms with Gasteiger partial charge >= 0.3 is 0 Å². The van der Waals surface area contributed by atoms with Gasteiger partial charge in [0.05, 0.1) is 11.5 Å². The molecule has 1 aliphatic carbocycles. The summed E-state index contributed by atoms with van der Waals surface area (Å²) in [5, 5.41) is 16.4. The molecular weight excluding hydrogens is 274 g/mol. The highest BCUT2D eigenvalue weighted by Crippen LogP contribution is 2.29. The molecule has 0 aliphatic heterocycles. The highest BCUT2D eigenvalue weighted by atomic mass is 16.6. The molecule has 0 spiro atoms. The summed E-state index contributed by atoms with van der Waals surface area (Å²) in [7, 11) is 1.52. The maximum Gasteiger partial charge on any atom is 0.292 e. The molecule has 114 valence electrons. The van der Waals surface area contributed by atoms with Crippen molar-refractivity contribution in [2.45, 2.75) is 12.8 Å². The van der Waals surface area contributed by atoms with Crippen molar-refractivity contribution >= 4 is 17.3 Å². The highest BCUT2D eigenvalue weighted by molar-refractivity contribution is 5.95. The van der Waals surface area contributed by atoms with Gasteiger partial charge in [0.15, 0.2) is 0 Å². The van der Waals surface area contributed by atoms with Crippen molar-refractivity contribution in [1.29, 1.82) is 0 Å². The summed E-state index contributed by atoms with van der Waals surface area (Å²) in [5.74, 6) is 0.411. The molecule has 0 bridgehead atoms. The number of nitro benzene ring substituents is 1. The number of carbonyl (C=O) groups excluding carboxylic acids is 1. The van der Waals surface area contributed by atoms with Crippen LogP contribution in [-0.4, -0.2) is 37.6 Å². The molecule has 0 atom stereocenters. The lowest BCUT2D eigenvalue weighted by Crippen LogP contribution is -2.18.